The van der Waals surface area contributed by atoms with Crippen molar-refractivity contribution in [1.82, 2.24) is 25.5 Å². The third kappa shape index (κ3) is 5.46. The number of aryl methyl sites for hydroxylation is 1. The summed E-state index contributed by atoms with van der Waals surface area (Å²) in [6.07, 6.45) is 0.609. The Hall–Kier alpha value is -4.24. The summed E-state index contributed by atoms with van der Waals surface area (Å²) in [5.74, 6) is -0.745. The van der Waals surface area contributed by atoms with Crippen LogP contribution < -0.4 is 11.1 Å². The van der Waals surface area contributed by atoms with Crippen LogP contribution in [0.15, 0.2) is 66.7 Å². The maximum atomic E-state index is 14.0. The molecular weight excluding hydrogens is 498 g/mol. The number of carbonyl (C=O) groups is 1. The van der Waals surface area contributed by atoms with E-state index in [0.717, 1.165) is 28.1 Å². The zero-order chi connectivity index (χ0) is 25.9. The molecule has 2 aromatic heterocycles. The van der Waals surface area contributed by atoms with Gasteiger partial charge in [-0.3, -0.25) is 9.89 Å². The molecule has 1 atom stereocenters. The van der Waals surface area contributed by atoms with Crippen LogP contribution in [0.25, 0.3) is 22.2 Å². The van der Waals surface area contributed by atoms with E-state index in [1.165, 1.54) is 12.1 Å². The first-order chi connectivity index (χ1) is 17.9. The topological polar surface area (TPSA) is 112 Å². The molecule has 0 spiro atoms. The molecule has 0 aliphatic carbocycles. The van der Waals surface area contributed by atoms with E-state index in [0.29, 0.717) is 28.9 Å². The highest BCUT2D eigenvalue weighted by Gasteiger charge is 2.22. The predicted molar refractivity (Wildman–Crippen MR) is 139 cm³/mol. The third-order valence-electron chi connectivity index (χ3n) is 6.13. The lowest BCUT2D eigenvalue weighted by Gasteiger charge is -2.17. The minimum atomic E-state index is -0.674. The number of aromatic nitrogens is 4. The fraction of sp³-hybridized carbons (Fsp3) is 0.148. The Balaban J connectivity index is 1.39. The van der Waals surface area contributed by atoms with Crippen LogP contribution >= 0.6 is 11.6 Å². The van der Waals surface area contributed by atoms with Crippen molar-refractivity contribution < 1.29 is 13.6 Å². The summed E-state index contributed by atoms with van der Waals surface area (Å²) in [5, 5.41) is 11.0. The Bertz CT molecular complexity index is 1570. The number of aromatic amines is 2. The third-order valence-corrected chi connectivity index (χ3v) is 6.40. The maximum Gasteiger partial charge on any atom is 0.220 e. The molecule has 37 heavy (non-hydrogen) atoms. The molecule has 0 aliphatic rings. The zero-order valence-corrected chi connectivity index (χ0v) is 20.3. The summed E-state index contributed by atoms with van der Waals surface area (Å²) in [5.41, 5.74) is 9.15. The first-order valence-corrected chi connectivity index (χ1v) is 12.0. The van der Waals surface area contributed by atoms with E-state index in [1.54, 1.807) is 0 Å². The molecule has 0 fully saturated rings. The molecule has 2 heterocycles. The molecule has 188 valence electrons. The second-order valence-electron chi connectivity index (χ2n) is 8.70. The molecule has 0 saturated heterocycles. The SMILES string of the molecule is Nc1n[nH]c2cc(-c3nc(C(Cc4ccccc4)NC(=O)CCc4ccc(F)cc4F)[nH]c3Cl)ccc12. The van der Waals surface area contributed by atoms with Crippen LogP contribution in [0.2, 0.25) is 5.15 Å². The van der Waals surface area contributed by atoms with Crippen molar-refractivity contribution in [3.8, 4) is 11.3 Å². The van der Waals surface area contributed by atoms with Gasteiger partial charge in [0.1, 0.15) is 28.3 Å². The van der Waals surface area contributed by atoms with E-state index in [1.807, 2.05) is 48.5 Å². The van der Waals surface area contributed by atoms with Crippen LogP contribution in [0, 0.1) is 11.6 Å². The van der Waals surface area contributed by atoms with E-state index in [9.17, 15) is 13.6 Å². The molecule has 7 nitrogen and oxygen atoms in total. The van der Waals surface area contributed by atoms with Gasteiger partial charge in [0.15, 0.2) is 5.82 Å². The van der Waals surface area contributed by atoms with Crippen molar-refractivity contribution in [2.45, 2.75) is 25.3 Å². The van der Waals surface area contributed by atoms with Crippen molar-refractivity contribution in [2.24, 2.45) is 0 Å². The van der Waals surface area contributed by atoms with Gasteiger partial charge >= 0.3 is 0 Å². The molecule has 0 saturated carbocycles. The molecule has 5 N–H and O–H groups in total. The Labute approximate surface area is 216 Å². The molecule has 0 radical (unpaired) electrons. The normalized spacial score (nSPS) is 12.1. The number of halogens is 3. The highest BCUT2D eigenvalue weighted by Crippen LogP contribution is 2.31. The quantitative estimate of drug-likeness (QED) is 0.216. The predicted octanol–water partition coefficient (Wildman–Crippen LogP) is 5.50. The summed E-state index contributed by atoms with van der Waals surface area (Å²) in [7, 11) is 0. The van der Waals surface area contributed by atoms with Crippen LogP contribution in [-0.2, 0) is 17.6 Å². The number of carbonyl (C=O) groups excluding carboxylic acids is 1. The number of nitrogens with two attached hydrogens (primary N) is 1. The Morgan fingerprint density at radius 3 is 2.68 bits per heavy atom. The number of rotatable bonds is 8. The lowest BCUT2D eigenvalue weighted by Crippen LogP contribution is -2.31. The summed E-state index contributed by atoms with van der Waals surface area (Å²) >= 11 is 6.54. The number of nitrogens with one attached hydrogen (secondary N) is 3. The van der Waals surface area contributed by atoms with Gasteiger partial charge in [-0.25, -0.2) is 13.8 Å². The number of hydrogen-bond donors (Lipinski definition) is 4. The van der Waals surface area contributed by atoms with Crippen molar-refractivity contribution in [3.63, 3.8) is 0 Å². The van der Waals surface area contributed by atoms with Crippen LogP contribution in [0.1, 0.15) is 29.4 Å². The van der Waals surface area contributed by atoms with Crippen LogP contribution in [0.3, 0.4) is 0 Å². The standard InChI is InChI=1S/C27H23ClF2N6O/c28-25-24(17-7-10-19-21(13-17)35-36-26(19)31)33-27(34-25)22(12-15-4-2-1-3-5-15)32-23(37)11-8-16-6-9-18(29)14-20(16)30/h1-7,9-10,13-14,22H,8,11-12H2,(H,32,37)(H,33,34)(H3,31,35,36). The molecule has 3 aromatic carbocycles. The second-order valence-corrected chi connectivity index (χ2v) is 9.08. The van der Waals surface area contributed by atoms with Gasteiger partial charge in [0.05, 0.1) is 11.6 Å². The number of benzene rings is 3. The average Bonchev–Trinajstić information content (AvgIpc) is 3.46. The number of imidazole rings is 1. The van der Waals surface area contributed by atoms with Gasteiger partial charge in [0, 0.05) is 23.4 Å². The van der Waals surface area contributed by atoms with Gasteiger partial charge in [-0.2, -0.15) is 5.10 Å². The first-order valence-electron chi connectivity index (χ1n) is 11.6. The monoisotopic (exact) mass is 520 g/mol. The van der Waals surface area contributed by atoms with Crippen molar-refractivity contribution in [3.05, 3.63) is 100 Å². The number of amides is 1. The molecule has 0 aliphatic heterocycles. The molecule has 10 heteroatoms. The van der Waals surface area contributed by atoms with Gasteiger partial charge in [0.25, 0.3) is 0 Å². The Kier molecular flexibility index (Phi) is 6.87. The molecule has 1 amide bonds. The number of hydrogen-bond acceptors (Lipinski definition) is 4. The van der Waals surface area contributed by atoms with Crippen molar-refractivity contribution in [2.75, 3.05) is 5.73 Å². The van der Waals surface area contributed by atoms with E-state index in [4.69, 9.17) is 22.3 Å². The summed E-state index contributed by atoms with van der Waals surface area (Å²) in [6.45, 7) is 0. The minimum Gasteiger partial charge on any atom is -0.382 e. The van der Waals surface area contributed by atoms with Gasteiger partial charge < -0.3 is 16.0 Å². The van der Waals surface area contributed by atoms with E-state index < -0.39 is 17.7 Å². The van der Waals surface area contributed by atoms with Gasteiger partial charge in [-0.15, -0.1) is 0 Å². The van der Waals surface area contributed by atoms with Gasteiger partial charge in [-0.05, 0) is 42.2 Å². The number of anilines is 1. The highest BCUT2D eigenvalue weighted by atomic mass is 35.5. The number of fused-ring (bicyclic) bond motifs is 1. The van der Waals surface area contributed by atoms with Crippen LogP contribution in [0.4, 0.5) is 14.6 Å². The molecule has 0 bridgehead atoms. The largest absolute Gasteiger partial charge is 0.382 e. The zero-order valence-electron chi connectivity index (χ0n) is 19.6. The Morgan fingerprint density at radius 2 is 1.89 bits per heavy atom. The number of nitrogens with zero attached hydrogens (tertiary/aromatic N) is 2. The first kappa shape index (κ1) is 24.5. The molecule has 5 rings (SSSR count). The van der Waals surface area contributed by atoms with Crippen molar-refractivity contribution in [1.29, 1.82) is 0 Å². The van der Waals surface area contributed by atoms with Crippen LogP contribution in [0.5, 0.6) is 0 Å². The van der Waals surface area contributed by atoms with Crippen molar-refractivity contribution >= 4 is 34.2 Å². The number of nitrogen functional groups attached to an aromatic ring is 1. The highest BCUT2D eigenvalue weighted by molar-refractivity contribution is 6.32. The second kappa shape index (κ2) is 10.4. The Morgan fingerprint density at radius 1 is 1.08 bits per heavy atom. The van der Waals surface area contributed by atoms with E-state index in [-0.39, 0.29) is 24.3 Å². The average molecular weight is 521 g/mol. The number of H-pyrrole nitrogens is 2. The summed E-state index contributed by atoms with van der Waals surface area (Å²) in [4.78, 5) is 20.7. The lowest BCUT2D eigenvalue weighted by atomic mass is 10.0. The van der Waals surface area contributed by atoms with Gasteiger partial charge in [0.2, 0.25) is 5.91 Å². The lowest BCUT2D eigenvalue weighted by molar-refractivity contribution is -0.121. The minimum absolute atomic E-state index is 0.0209. The smallest absolute Gasteiger partial charge is 0.220 e. The molecule has 1 unspecified atom stereocenters. The fourth-order valence-corrected chi connectivity index (χ4v) is 4.47. The van der Waals surface area contributed by atoms with E-state index >= 15 is 0 Å². The molecular formula is C27H23ClF2N6O. The van der Waals surface area contributed by atoms with E-state index in [2.05, 4.69) is 20.5 Å². The summed E-state index contributed by atoms with van der Waals surface area (Å²) < 4.78 is 27.2. The molecule has 5 aromatic rings. The maximum absolute atomic E-state index is 14.0. The van der Waals surface area contributed by atoms with Gasteiger partial charge in [-0.1, -0.05) is 54.1 Å². The van der Waals surface area contributed by atoms with Crippen LogP contribution in [-0.4, -0.2) is 26.1 Å². The summed E-state index contributed by atoms with van der Waals surface area (Å²) in [6, 6.07) is 18.0. The fourth-order valence-electron chi connectivity index (χ4n) is 4.22.